The van der Waals surface area contributed by atoms with Gasteiger partial charge in [0.2, 0.25) is 5.89 Å². The summed E-state index contributed by atoms with van der Waals surface area (Å²) in [6.45, 7) is 9.98. The van der Waals surface area contributed by atoms with E-state index in [1.807, 2.05) is 34.9 Å². The summed E-state index contributed by atoms with van der Waals surface area (Å²) < 4.78 is 5.60. The molecule has 0 unspecified atom stereocenters. The fourth-order valence-corrected chi connectivity index (χ4v) is 2.42. The highest BCUT2D eigenvalue weighted by Gasteiger charge is 2.07. The molecule has 1 aromatic heterocycles. The van der Waals surface area contributed by atoms with E-state index in [1.165, 1.54) is 16.8 Å². The maximum atomic E-state index is 5.60. The molecular weight excluding hydrogens is 314 g/mol. The Labute approximate surface area is 150 Å². The molecule has 2 rings (SSSR count). The van der Waals surface area contributed by atoms with Crippen LogP contribution in [0.3, 0.4) is 0 Å². The predicted molar refractivity (Wildman–Crippen MR) is 103 cm³/mol. The summed E-state index contributed by atoms with van der Waals surface area (Å²) in [5.74, 6) is 2.29. The van der Waals surface area contributed by atoms with E-state index in [0.717, 1.165) is 24.0 Å². The lowest BCUT2D eigenvalue weighted by Gasteiger charge is -2.15. The summed E-state index contributed by atoms with van der Waals surface area (Å²) in [4.78, 5) is 11.2. The number of aliphatic imine (C=N–C) groups is 1. The Morgan fingerprint density at radius 2 is 1.96 bits per heavy atom. The second kappa shape index (κ2) is 8.55. The molecule has 0 spiro atoms. The third-order valence-electron chi connectivity index (χ3n) is 4.07. The lowest BCUT2D eigenvalue weighted by atomic mass is 10.1. The van der Waals surface area contributed by atoms with E-state index < -0.39 is 0 Å². The molecule has 6 nitrogen and oxygen atoms in total. The van der Waals surface area contributed by atoms with Gasteiger partial charge >= 0.3 is 0 Å². The minimum absolute atomic E-state index is 0.513. The van der Waals surface area contributed by atoms with Crippen molar-refractivity contribution in [3.05, 3.63) is 46.7 Å². The molecular formula is C19H29N5O. The van der Waals surface area contributed by atoms with Gasteiger partial charge < -0.3 is 20.0 Å². The smallest absolute Gasteiger partial charge is 0.214 e. The van der Waals surface area contributed by atoms with Gasteiger partial charge in [0, 0.05) is 26.3 Å². The molecule has 0 saturated carbocycles. The van der Waals surface area contributed by atoms with E-state index in [9.17, 15) is 0 Å². The number of nitrogens with one attached hydrogen (secondary N) is 2. The molecule has 136 valence electrons. The minimum Gasteiger partial charge on any atom is -0.444 e. The van der Waals surface area contributed by atoms with Gasteiger partial charge in [-0.15, -0.1) is 0 Å². The SMILES string of the molecule is CCNC(=NCc1ccc(N(C)C)cc1C)NCc1nc(C)c(C)o1. The molecule has 1 aromatic carbocycles. The van der Waals surface area contributed by atoms with Crippen LogP contribution in [0, 0.1) is 20.8 Å². The van der Waals surface area contributed by atoms with Crippen LogP contribution in [0.25, 0.3) is 0 Å². The standard InChI is InChI=1S/C19H29N5O/c1-7-20-19(22-12-18-23-14(3)15(4)25-18)21-11-16-8-9-17(24(5)6)10-13(16)2/h8-10H,7,11-12H2,1-6H3,(H2,20,21,22). The van der Waals surface area contributed by atoms with E-state index in [2.05, 4.69) is 50.6 Å². The van der Waals surface area contributed by atoms with Crippen LogP contribution in [-0.4, -0.2) is 31.6 Å². The number of anilines is 1. The maximum Gasteiger partial charge on any atom is 0.214 e. The predicted octanol–water partition coefficient (Wildman–Crippen LogP) is 2.92. The van der Waals surface area contributed by atoms with Crippen molar-refractivity contribution in [1.82, 2.24) is 15.6 Å². The van der Waals surface area contributed by atoms with E-state index in [4.69, 9.17) is 4.42 Å². The fraction of sp³-hybridized carbons (Fsp3) is 0.474. The zero-order valence-electron chi connectivity index (χ0n) is 16.1. The normalized spacial score (nSPS) is 11.5. The molecule has 0 atom stereocenters. The highest BCUT2D eigenvalue weighted by Crippen LogP contribution is 2.18. The Balaban J connectivity index is 2.03. The first-order chi connectivity index (χ1) is 11.9. The first-order valence-corrected chi connectivity index (χ1v) is 8.62. The van der Waals surface area contributed by atoms with E-state index >= 15 is 0 Å². The van der Waals surface area contributed by atoms with Crippen LogP contribution < -0.4 is 15.5 Å². The minimum atomic E-state index is 0.513. The number of rotatable bonds is 6. The zero-order valence-corrected chi connectivity index (χ0v) is 16.1. The van der Waals surface area contributed by atoms with Crippen LogP contribution in [0.5, 0.6) is 0 Å². The van der Waals surface area contributed by atoms with E-state index in [0.29, 0.717) is 19.0 Å². The summed E-state index contributed by atoms with van der Waals surface area (Å²) >= 11 is 0. The average Bonchev–Trinajstić information content (AvgIpc) is 2.89. The Morgan fingerprint density at radius 1 is 1.20 bits per heavy atom. The highest BCUT2D eigenvalue weighted by atomic mass is 16.4. The number of oxazole rings is 1. The van der Waals surface area contributed by atoms with Crippen molar-refractivity contribution in [3.8, 4) is 0 Å². The van der Waals surface area contributed by atoms with Crippen molar-refractivity contribution in [2.45, 2.75) is 40.8 Å². The van der Waals surface area contributed by atoms with Crippen LogP contribution >= 0.6 is 0 Å². The molecule has 2 N–H and O–H groups in total. The Bertz CT molecular complexity index is 714. The Kier molecular flexibility index (Phi) is 6.44. The molecule has 0 fully saturated rings. The van der Waals surface area contributed by atoms with Gasteiger partial charge in [-0.3, -0.25) is 0 Å². The number of aryl methyl sites for hydroxylation is 3. The van der Waals surface area contributed by atoms with Crippen molar-refractivity contribution < 1.29 is 4.42 Å². The second-order valence-electron chi connectivity index (χ2n) is 6.30. The van der Waals surface area contributed by atoms with Crippen LogP contribution in [0.2, 0.25) is 0 Å². The molecule has 0 radical (unpaired) electrons. The third kappa shape index (κ3) is 5.24. The van der Waals surface area contributed by atoms with Gasteiger partial charge in [-0.05, 0) is 51.0 Å². The molecule has 0 amide bonds. The summed E-state index contributed by atoms with van der Waals surface area (Å²) in [6, 6.07) is 6.44. The molecule has 1 heterocycles. The number of guanidine groups is 1. The molecule has 6 heteroatoms. The van der Waals surface area contributed by atoms with Gasteiger partial charge in [0.1, 0.15) is 5.76 Å². The van der Waals surface area contributed by atoms with Gasteiger partial charge in [0.15, 0.2) is 5.96 Å². The van der Waals surface area contributed by atoms with Crippen LogP contribution in [0.15, 0.2) is 27.6 Å². The van der Waals surface area contributed by atoms with Crippen molar-refractivity contribution >= 4 is 11.6 Å². The number of hydrogen-bond acceptors (Lipinski definition) is 4. The number of hydrogen-bond donors (Lipinski definition) is 2. The molecule has 25 heavy (non-hydrogen) atoms. The lowest BCUT2D eigenvalue weighted by Crippen LogP contribution is -2.36. The first kappa shape index (κ1) is 18.8. The number of aromatic nitrogens is 1. The van der Waals surface area contributed by atoms with Gasteiger partial charge in [0.25, 0.3) is 0 Å². The average molecular weight is 343 g/mol. The van der Waals surface area contributed by atoms with E-state index in [-0.39, 0.29) is 0 Å². The number of nitrogens with zero attached hydrogens (tertiary/aromatic N) is 3. The third-order valence-corrected chi connectivity index (χ3v) is 4.07. The fourth-order valence-electron chi connectivity index (χ4n) is 2.42. The topological polar surface area (TPSA) is 65.7 Å². The van der Waals surface area contributed by atoms with Gasteiger partial charge in [-0.25, -0.2) is 9.98 Å². The lowest BCUT2D eigenvalue weighted by molar-refractivity contribution is 0.463. The first-order valence-electron chi connectivity index (χ1n) is 8.62. The maximum absolute atomic E-state index is 5.60. The van der Waals surface area contributed by atoms with Crippen molar-refractivity contribution in [2.24, 2.45) is 4.99 Å². The Hall–Kier alpha value is -2.50. The summed E-state index contributed by atoms with van der Waals surface area (Å²) in [6.07, 6.45) is 0. The van der Waals surface area contributed by atoms with Crippen molar-refractivity contribution in [2.75, 3.05) is 25.5 Å². The molecule has 0 aliphatic heterocycles. The summed E-state index contributed by atoms with van der Waals surface area (Å²) in [5, 5.41) is 6.53. The van der Waals surface area contributed by atoms with E-state index in [1.54, 1.807) is 0 Å². The van der Waals surface area contributed by atoms with Crippen LogP contribution in [0.4, 0.5) is 5.69 Å². The number of benzene rings is 1. The van der Waals surface area contributed by atoms with Crippen LogP contribution in [0.1, 0.15) is 35.4 Å². The molecule has 0 bridgehead atoms. The summed E-state index contributed by atoms with van der Waals surface area (Å²) in [7, 11) is 4.10. The largest absolute Gasteiger partial charge is 0.444 e. The Morgan fingerprint density at radius 3 is 2.52 bits per heavy atom. The molecule has 0 aliphatic rings. The highest BCUT2D eigenvalue weighted by molar-refractivity contribution is 5.79. The van der Waals surface area contributed by atoms with Crippen LogP contribution in [-0.2, 0) is 13.1 Å². The molecule has 0 aliphatic carbocycles. The monoisotopic (exact) mass is 343 g/mol. The van der Waals surface area contributed by atoms with Gasteiger partial charge in [-0.2, -0.15) is 0 Å². The molecule has 2 aromatic rings. The van der Waals surface area contributed by atoms with Crippen molar-refractivity contribution in [3.63, 3.8) is 0 Å². The van der Waals surface area contributed by atoms with Crippen molar-refractivity contribution in [1.29, 1.82) is 0 Å². The van der Waals surface area contributed by atoms with Gasteiger partial charge in [0.05, 0.1) is 18.8 Å². The second-order valence-corrected chi connectivity index (χ2v) is 6.30. The summed E-state index contributed by atoms with van der Waals surface area (Å²) in [5.41, 5.74) is 4.58. The zero-order chi connectivity index (χ0) is 18.4. The molecule has 0 saturated heterocycles. The quantitative estimate of drug-likeness (QED) is 0.624. The van der Waals surface area contributed by atoms with Gasteiger partial charge in [-0.1, -0.05) is 6.07 Å².